The van der Waals surface area contributed by atoms with Crippen LogP contribution in [-0.2, 0) is 9.09 Å². The van der Waals surface area contributed by atoms with Gasteiger partial charge in [-0.15, -0.1) is 0 Å². The van der Waals surface area contributed by atoms with Gasteiger partial charge in [0.1, 0.15) is 0 Å². The van der Waals surface area contributed by atoms with Crippen LogP contribution in [0.3, 0.4) is 0 Å². The Morgan fingerprint density at radius 1 is 0.657 bits per heavy atom. The van der Waals surface area contributed by atoms with Crippen LogP contribution >= 0.6 is 7.60 Å². The van der Waals surface area contributed by atoms with Gasteiger partial charge >= 0.3 is 7.60 Å². The molecular formula is C30H63NO3P+. The lowest BCUT2D eigenvalue weighted by Gasteiger charge is -2.35. The molecule has 5 heteroatoms. The Bertz CT molecular complexity index is 530. The highest BCUT2D eigenvalue weighted by atomic mass is 31.2. The summed E-state index contributed by atoms with van der Waals surface area (Å²) in [5.41, 5.74) is 0. The number of hydrogen-bond acceptors (Lipinski definition) is 2. The van der Waals surface area contributed by atoms with Gasteiger partial charge in [0.05, 0.1) is 27.7 Å². The van der Waals surface area contributed by atoms with Gasteiger partial charge in [-0.3, -0.25) is 4.57 Å². The maximum absolute atomic E-state index is 12.7. The second kappa shape index (κ2) is 23.0. The third-order valence-electron chi connectivity index (χ3n) is 7.00. The Hall–Kier alpha value is -0.150. The van der Waals surface area contributed by atoms with Crippen LogP contribution in [-0.4, -0.2) is 42.9 Å². The van der Waals surface area contributed by atoms with Gasteiger partial charge in [0.15, 0.2) is 5.78 Å². The second-order valence-electron chi connectivity index (χ2n) is 11.5. The first-order valence-corrected chi connectivity index (χ1v) is 16.8. The van der Waals surface area contributed by atoms with Gasteiger partial charge in [-0.1, -0.05) is 116 Å². The number of unbranched alkanes of at least 4 members (excludes halogenated alkanes) is 17. The normalized spacial score (nSPS) is 15.0. The van der Waals surface area contributed by atoms with Crippen molar-refractivity contribution < 1.29 is 18.5 Å². The van der Waals surface area contributed by atoms with Gasteiger partial charge in [-0.05, 0) is 38.5 Å². The highest BCUT2D eigenvalue weighted by Gasteiger charge is 2.41. The summed E-state index contributed by atoms with van der Waals surface area (Å²) in [5.74, 6) is -0.335. The minimum Gasteiger partial charge on any atom is -0.320 e. The molecule has 210 valence electrons. The molecule has 0 aromatic heterocycles. The Labute approximate surface area is 220 Å². The molecule has 0 saturated carbocycles. The predicted molar refractivity (Wildman–Crippen MR) is 155 cm³/mol. The van der Waals surface area contributed by atoms with Crippen LogP contribution in [0.5, 0.6) is 0 Å². The standard InChI is InChI=1S/C30H62NO3P/c1-6-8-9-10-11-12-13-14-15-16-17-18-19-20-21-22-23-24-25-26-27-29-34-35(32,33)30(28-7-2)31(3,4)5/h16-17,30H,6-15,18-29H2,1-5H3/p+1/b17-16-. The summed E-state index contributed by atoms with van der Waals surface area (Å²) < 4.78 is 18.6. The van der Waals surface area contributed by atoms with Crippen molar-refractivity contribution in [1.82, 2.24) is 0 Å². The van der Waals surface area contributed by atoms with E-state index < -0.39 is 7.60 Å². The number of quaternary nitrogens is 1. The van der Waals surface area contributed by atoms with Crippen LogP contribution in [0.25, 0.3) is 0 Å². The zero-order valence-corrected chi connectivity index (χ0v) is 25.3. The van der Waals surface area contributed by atoms with E-state index in [4.69, 9.17) is 4.52 Å². The number of allylic oxidation sites excluding steroid dienone is 2. The maximum Gasteiger partial charge on any atom is 0.385 e. The molecule has 0 aliphatic carbocycles. The van der Waals surface area contributed by atoms with E-state index in [2.05, 4.69) is 26.0 Å². The zero-order valence-electron chi connectivity index (χ0n) is 24.4. The molecule has 0 rings (SSSR count). The van der Waals surface area contributed by atoms with Crippen LogP contribution in [0.2, 0.25) is 0 Å². The molecule has 35 heavy (non-hydrogen) atoms. The van der Waals surface area contributed by atoms with Gasteiger partial charge in [0, 0.05) is 6.42 Å². The molecule has 0 amide bonds. The Kier molecular flexibility index (Phi) is 22.9. The van der Waals surface area contributed by atoms with Crippen molar-refractivity contribution in [2.24, 2.45) is 0 Å². The highest BCUT2D eigenvalue weighted by Crippen LogP contribution is 2.51. The van der Waals surface area contributed by atoms with Crippen LogP contribution in [0, 0.1) is 0 Å². The average molecular weight is 517 g/mol. The number of rotatable bonds is 26. The summed E-state index contributed by atoms with van der Waals surface area (Å²) in [6.45, 7) is 4.74. The summed E-state index contributed by atoms with van der Waals surface area (Å²) in [7, 11) is 2.35. The fourth-order valence-corrected chi connectivity index (χ4v) is 6.78. The minimum absolute atomic E-state index is 0.335. The smallest absolute Gasteiger partial charge is 0.320 e. The van der Waals surface area contributed by atoms with Crippen LogP contribution < -0.4 is 0 Å². The molecule has 0 aromatic rings. The Morgan fingerprint density at radius 3 is 1.46 bits per heavy atom. The highest BCUT2D eigenvalue weighted by molar-refractivity contribution is 7.53. The minimum atomic E-state index is -3.57. The number of hydrogen-bond donors (Lipinski definition) is 1. The lowest BCUT2D eigenvalue weighted by Crippen LogP contribution is -2.45. The predicted octanol–water partition coefficient (Wildman–Crippen LogP) is 10.0. The lowest BCUT2D eigenvalue weighted by molar-refractivity contribution is -0.883. The summed E-state index contributed by atoms with van der Waals surface area (Å²) in [5, 5.41) is 0. The van der Waals surface area contributed by atoms with Crippen molar-refractivity contribution in [2.75, 3.05) is 27.7 Å². The van der Waals surface area contributed by atoms with Crippen molar-refractivity contribution >= 4 is 7.60 Å². The van der Waals surface area contributed by atoms with E-state index in [-0.39, 0.29) is 5.78 Å². The van der Waals surface area contributed by atoms with Crippen molar-refractivity contribution in [2.45, 2.75) is 154 Å². The quantitative estimate of drug-likeness (QED) is 0.0538. The molecule has 0 saturated heterocycles. The molecule has 0 heterocycles. The van der Waals surface area contributed by atoms with Gasteiger partial charge in [-0.2, -0.15) is 0 Å². The van der Waals surface area contributed by atoms with Gasteiger partial charge < -0.3 is 13.9 Å². The molecule has 1 N–H and O–H groups in total. The molecule has 0 fully saturated rings. The Morgan fingerprint density at radius 2 is 1.06 bits per heavy atom. The molecule has 0 radical (unpaired) electrons. The van der Waals surface area contributed by atoms with E-state index in [0.717, 1.165) is 19.3 Å². The summed E-state index contributed by atoms with van der Waals surface area (Å²) in [4.78, 5) is 10.4. The molecule has 0 aromatic carbocycles. The fraction of sp³-hybridized carbons (Fsp3) is 0.933. The van der Waals surface area contributed by atoms with Crippen molar-refractivity contribution in [1.29, 1.82) is 0 Å². The van der Waals surface area contributed by atoms with Crippen molar-refractivity contribution in [3.05, 3.63) is 12.2 Å². The molecule has 0 aliphatic rings. The van der Waals surface area contributed by atoms with Crippen LogP contribution in [0.1, 0.15) is 149 Å². The van der Waals surface area contributed by atoms with Crippen LogP contribution in [0.15, 0.2) is 12.2 Å². The van der Waals surface area contributed by atoms with Gasteiger partial charge in [0.25, 0.3) is 0 Å². The molecule has 2 atom stereocenters. The molecule has 0 aliphatic heterocycles. The van der Waals surface area contributed by atoms with E-state index in [1.54, 1.807) is 0 Å². The largest absolute Gasteiger partial charge is 0.385 e. The summed E-state index contributed by atoms with van der Waals surface area (Å²) in [6.07, 6.45) is 31.3. The SMILES string of the molecule is CCCCCCCCCC/C=C\CCCCCCCCCCCOP(=O)(O)C(CCC)[N+](C)(C)C. The average Bonchev–Trinajstić information content (AvgIpc) is 2.80. The first kappa shape index (κ1) is 34.9. The van der Waals surface area contributed by atoms with E-state index in [9.17, 15) is 9.46 Å². The number of nitrogens with zero attached hydrogens (tertiary/aromatic N) is 1. The topological polar surface area (TPSA) is 46.5 Å². The fourth-order valence-electron chi connectivity index (χ4n) is 4.76. The monoisotopic (exact) mass is 516 g/mol. The van der Waals surface area contributed by atoms with Crippen molar-refractivity contribution in [3.8, 4) is 0 Å². The molecule has 4 nitrogen and oxygen atoms in total. The van der Waals surface area contributed by atoms with Gasteiger partial charge in [-0.25, -0.2) is 0 Å². The lowest BCUT2D eigenvalue weighted by atomic mass is 10.1. The molecule has 0 spiro atoms. The van der Waals surface area contributed by atoms with Gasteiger partial charge in [0.2, 0.25) is 0 Å². The third-order valence-corrected chi connectivity index (χ3v) is 9.26. The summed E-state index contributed by atoms with van der Waals surface area (Å²) in [6, 6.07) is 0. The summed E-state index contributed by atoms with van der Waals surface area (Å²) >= 11 is 0. The zero-order chi connectivity index (χ0) is 26.3. The van der Waals surface area contributed by atoms with E-state index in [1.165, 1.54) is 109 Å². The molecule has 0 bridgehead atoms. The maximum atomic E-state index is 12.7. The third kappa shape index (κ3) is 21.6. The van der Waals surface area contributed by atoms with E-state index in [0.29, 0.717) is 17.5 Å². The second-order valence-corrected chi connectivity index (χ2v) is 13.5. The van der Waals surface area contributed by atoms with E-state index >= 15 is 0 Å². The molecular weight excluding hydrogens is 453 g/mol. The first-order chi connectivity index (χ1) is 16.8. The Balaban J connectivity index is 3.47. The first-order valence-electron chi connectivity index (χ1n) is 15.2. The van der Waals surface area contributed by atoms with Crippen molar-refractivity contribution in [3.63, 3.8) is 0 Å². The van der Waals surface area contributed by atoms with Crippen LogP contribution in [0.4, 0.5) is 0 Å². The molecule has 2 unspecified atom stereocenters. The van der Waals surface area contributed by atoms with E-state index in [1.807, 2.05) is 21.1 Å².